The Balaban J connectivity index is 1.46. The minimum Gasteiger partial charge on any atom is -0.490 e. The fourth-order valence-corrected chi connectivity index (χ4v) is 5.33. The van der Waals surface area contributed by atoms with Crippen LogP contribution in [0.4, 0.5) is 11.4 Å². The van der Waals surface area contributed by atoms with Gasteiger partial charge in [0, 0.05) is 18.3 Å². The second-order valence-electron chi connectivity index (χ2n) is 9.86. The van der Waals surface area contributed by atoms with E-state index in [1.165, 1.54) is 37.9 Å². The zero-order valence-corrected chi connectivity index (χ0v) is 22.4. The summed E-state index contributed by atoms with van der Waals surface area (Å²) in [5, 5.41) is 3.05. The number of carbonyl (C=O) groups is 1. The van der Waals surface area contributed by atoms with Crippen molar-refractivity contribution >= 4 is 23.0 Å². The summed E-state index contributed by atoms with van der Waals surface area (Å²) in [6.45, 7) is 8.43. The van der Waals surface area contributed by atoms with Gasteiger partial charge in [0.05, 0.1) is 24.6 Å². The van der Waals surface area contributed by atoms with Crippen molar-refractivity contribution in [2.45, 2.75) is 45.4 Å². The highest BCUT2D eigenvalue weighted by Gasteiger charge is 2.37. The highest BCUT2D eigenvalue weighted by atomic mass is 16.5. The molecule has 6 heteroatoms. The van der Waals surface area contributed by atoms with E-state index in [1.807, 2.05) is 56.3 Å². The number of rotatable bonds is 10. The van der Waals surface area contributed by atoms with E-state index in [0.29, 0.717) is 24.7 Å². The van der Waals surface area contributed by atoms with Gasteiger partial charge < -0.3 is 19.7 Å². The lowest BCUT2D eigenvalue weighted by atomic mass is 9.90. The highest BCUT2D eigenvalue weighted by Crippen LogP contribution is 2.43. The molecule has 1 saturated heterocycles. The summed E-state index contributed by atoms with van der Waals surface area (Å²) in [7, 11) is 0. The molecule has 0 spiro atoms. The third-order valence-electron chi connectivity index (χ3n) is 7.24. The van der Waals surface area contributed by atoms with Gasteiger partial charge in [-0.2, -0.15) is 0 Å². The quantitative estimate of drug-likeness (QED) is 0.321. The first-order valence-electron chi connectivity index (χ1n) is 13.9. The van der Waals surface area contributed by atoms with Gasteiger partial charge in [0.15, 0.2) is 11.5 Å². The number of benzene rings is 3. The SMILES string of the molecule is CCOc1cc2c(cc1OCC)C(C(=Nc1ccc(CCN3CCCCC3)cc1)c1ccccc1)C(=O)N2. The number of carbonyl (C=O) groups excluding carboxylic acids is 1. The number of nitrogens with zero attached hydrogens (tertiary/aromatic N) is 2. The Morgan fingerprint density at radius 1 is 0.921 bits per heavy atom. The van der Waals surface area contributed by atoms with Crippen LogP contribution in [0.5, 0.6) is 11.5 Å². The van der Waals surface area contributed by atoms with Crippen molar-refractivity contribution in [1.82, 2.24) is 4.90 Å². The number of anilines is 1. The van der Waals surface area contributed by atoms with Crippen molar-refractivity contribution in [3.8, 4) is 11.5 Å². The average molecular weight is 512 g/mol. The number of hydrogen-bond acceptors (Lipinski definition) is 5. The van der Waals surface area contributed by atoms with E-state index in [1.54, 1.807) is 0 Å². The summed E-state index contributed by atoms with van der Waals surface area (Å²) in [5.41, 5.74) is 5.37. The first-order chi connectivity index (χ1) is 18.7. The van der Waals surface area contributed by atoms with Crippen LogP contribution in [-0.2, 0) is 11.2 Å². The Hall–Kier alpha value is -3.64. The summed E-state index contributed by atoms with van der Waals surface area (Å²) in [5.74, 6) is 0.616. The molecule has 38 heavy (non-hydrogen) atoms. The van der Waals surface area contributed by atoms with Crippen LogP contribution in [0.2, 0.25) is 0 Å². The van der Waals surface area contributed by atoms with Crippen molar-refractivity contribution in [2.24, 2.45) is 4.99 Å². The van der Waals surface area contributed by atoms with E-state index in [-0.39, 0.29) is 5.91 Å². The van der Waals surface area contributed by atoms with Gasteiger partial charge >= 0.3 is 0 Å². The van der Waals surface area contributed by atoms with Gasteiger partial charge in [-0.15, -0.1) is 0 Å². The first kappa shape index (κ1) is 26.0. The fourth-order valence-electron chi connectivity index (χ4n) is 5.33. The van der Waals surface area contributed by atoms with E-state index in [4.69, 9.17) is 14.5 Å². The van der Waals surface area contributed by atoms with Crippen molar-refractivity contribution in [1.29, 1.82) is 0 Å². The summed E-state index contributed by atoms with van der Waals surface area (Å²) >= 11 is 0. The molecule has 198 valence electrons. The van der Waals surface area contributed by atoms with Gasteiger partial charge in [-0.05, 0) is 81.1 Å². The molecule has 2 aliphatic rings. The highest BCUT2D eigenvalue weighted by molar-refractivity contribution is 6.24. The molecule has 1 fully saturated rings. The maximum Gasteiger partial charge on any atom is 0.238 e. The molecule has 1 atom stereocenters. The number of aliphatic imine (C=N–C) groups is 1. The smallest absolute Gasteiger partial charge is 0.238 e. The number of amides is 1. The van der Waals surface area contributed by atoms with Crippen LogP contribution < -0.4 is 14.8 Å². The van der Waals surface area contributed by atoms with Crippen LogP contribution in [0.3, 0.4) is 0 Å². The Labute approximate surface area is 225 Å². The van der Waals surface area contributed by atoms with Gasteiger partial charge in [-0.1, -0.05) is 48.9 Å². The number of fused-ring (bicyclic) bond motifs is 1. The summed E-state index contributed by atoms with van der Waals surface area (Å²) in [6.07, 6.45) is 5.02. The third kappa shape index (κ3) is 5.91. The molecule has 1 amide bonds. The summed E-state index contributed by atoms with van der Waals surface area (Å²) < 4.78 is 11.7. The van der Waals surface area contributed by atoms with Gasteiger partial charge in [-0.3, -0.25) is 9.79 Å². The second kappa shape index (κ2) is 12.3. The Kier molecular flexibility index (Phi) is 8.39. The van der Waals surface area contributed by atoms with Gasteiger partial charge in [0.2, 0.25) is 5.91 Å². The van der Waals surface area contributed by atoms with Crippen LogP contribution >= 0.6 is 0 Å². The molecular formula is C32H37N3O3. The Bertz CT molecular complexity index is 1270. The van der Waals surface area contributed by atoms with Crippen LogP contribution in [0.15, 0.2) is 71.7 Å². The molecule has 0 radical (unpaired) electrons. The molecule has 1 unspecified atom stereocenters. The lowest BCUT2D eigenvalue weighted by Gasteiger charge is -2.26. The Morgan fingerprint density at radius 3 is 2.29 bits per heavy atom. The molecule has 3 aromatic carbocycles. The lowest BCUT2D eigenvalue weighted by Crippen LogP contribution is -2.31. The monoisotopic (exact) mass is 511 g/mol. The van der Waals surface area contributed by atoms with Crippen LogP contribution in [0.1, 0.15) is 55.7 Å². The normalized spacial score (nSPS) is 17.7. The van der Waals surface area contributed by atoms with Gasteiger partial charge in [0.25, 0.3) is 0 Å². The molecule has 1 N–H and O–H groups in total. The molecule has 0 aromatic heterocycles. The minimum absolute atomic E-state index is 0.100. The zero-order chi connectivity index (χ0) is 26.3. The molecule has 5 rings (SSSR count). The molecule has 3 aromatic rings. The van der Waals surface area contributed by atoms with Crippen molar-refractivity contribution in [3.05, 3.63) is 83.4 Å². The summed E-state index contributed by atoms with van der Waals surface area (Å²) in [6, 6.07) is 22.2. The van der Waals surface area contributed by atoms with Crippen molar-refractivity contribution < 1.29 is 14.3 Å². The van der Waals surface area contributed by atoms with E-state index < -0.39 is 5.92 Å². The number of piperidine rings is 1. The van der Waals surface area contributed by atoms with Crippen molar-refractivity contribution in [2.75, 3.05) is 38.2 Å². The zero-order valence-electron chi connectivity index (χ0n) is 22.4. The summed E-state index contributed by atoms with van der Waals surface area (Å²) in [4.78, 5) is 21.0. The van der Waals surface area contributed by atoms with Crippen molar-refractivity contribution in [3.63, 3.8) is 0 Å². The van der Waals surface area contributed by atoms with E-state index in [2.05, 4.69) is 34.5 Å². The average Bonchev–Trinajstić information content (AvgIpc) is 3.27. The predicted octanol–water partition coefficient (Wildman–Crippen LogP) is 6.37. The number of nitrogens with one attached hydrogen (secondary N) is 1. The standard InChI is InChI=1S/C32H37N3O3/c1-3-37-28-21-26-27(22-29(28)38-4-2)34-32(36)30(26)31(24-11-7-5-8-12-24)33-25-15-13-23(14-16-25)17-20-35-18-9-6-10-19-35/h5,7-8,11-16,21-22,30H,3-4,6,9-10,17-20H2,1-2H3,(H,34,36). The first-order valence-corrected chi connectivity index (χ1v) is 13.9. The largest absolute Gasteiger partial charge is 0.490 e. The molecule has 2 heterocycles. The predicted molar refractivity (Wildman–Crippen MR) is 153 cm³/mol. The molecule has 6 nitrogen and oxygen atoms in total. The second-order valence-corrected chi connectivity index (χ2v) is 9.86. The van der Waals surface area contributed by atoms with Crippen LogP contribution in [-0.4, -0.2) is 49.4 Å². The lowest BCUT2D eigenvalue weighted by molar-refractivity contribution is -0.115. The van der Waals surface area contributed by atoms with Gasteiger partial charge in [0.1, 0.15) is 5.92 Å². The molecule has 2 aliphatic heterocycles. The van der Waals surface area contributed by atoms with Gasteiger partial charge in [-0.25, -0.2) is 0 Å². The van der Waals surface area contributed by atoms with E-state index in [9.17, 15) is 4.79 Å². The van der Waals surface area contributed by atoms with E-state index in [0.717, 1.165) is 41.2 Å². The maximum absolute atomic E-state index is 13.4. The minimum atomic E-state index is -0.555. The number of likely N-dealkylation sites (tertiary alicyclic amines) is 1. The van der Waals surface area contributed by atoms with Crippen LogP contribution in [0, 0.1) is 0 Å². The Morgan fingerprint density at radius 2 is 1.61 bits per heavy atom. The van der Waals surface area contributed by atoms with E-state index >= 15 is 0 Å². The maximum atomic E-state index is 13.4. The molecule has 0 bridgehead atoms. The number of hydrogen-bond donors (Lipinski definition) is 1. The molecule has 0 saturated carbocycles. The fraction of sp³-hybridized carbons (Fsp3) is 0.375. The topological polar surface area (TPSA) is 63.2 Å². The molecular weight excluding hydrogens is 474 g/mol. The molecule has 0 aliphatic carbocycles. The number of ether oxygens (including phenoxy) is 2. The van der Waals surface area contributed by atoms with Crippen LogP contribution in [0.25, 0.3) is 0 Å². The third-order valence-corrected chi connectivity index (χ3v) is 7.24.